The summed E-state index contributed by atoms with van der Waals surface area (Å²) in [6.45, 7) is 0. The predicted molar refractivity (Wildman–Crippen MR) is 228 cm³/mol. The van der Waals surface area contributed by atoms with Gasteiger partial charge in [0.1, 0.15) is 22.7 Å². The van der Waals surface area contributed by atoms with Crippen molar-refractivity contribution >= 4 is 49.8 Å². The Hall–Kier alpha value is -7.36. The summed E-state index contributed by atoms with van der Waals surface area (Å²) in [5.41, 5.74) is 13.7. The first-order chi connectivity index (χ1) is 27.3. The van der Waals surface area contributed by atoms with Crippen molar-refractivity contribution in [1.29, 1.82) is 0 Å². The van der Waals surface area contributed by atoms with Crippen LogP contribution in [0.15, 0.2) is 205 Å². The summed E-state index contributed by atoms with van der Waals surface area (Å²) in [6, 6.07) is 70.9. The van der Waals surface area contributed by atoms with Crippen LogP contribution in [0.2, 0.25) is 0 Å². The van der Waals surface area contributed by atoms with E-state index in [9.17, 15) is 0 Å². The van der Waals surface area contributed by atoms with Crippen LogP contribution >= 0.6 is 0 Å². The summed E-state index contributed by atoms with van der Waals surface area (Å²) < 4.78 is 13.5. The Balaban J connectivity index is 1.17. The molecule has 3 nitrogen and oxygen atoms in total. The third kappa shape index (κ3) is 5.20. The molecule has 0 saturated carbocycles. The zero-order valence-electron chi connectivity index (χ0n) is 29.8. The Kier molecular flexibility index (Phi) is 7.17. The third-order valence-electron chi connectivity index (χ3n) is 10.9. The van der Waals surface area contributed by atoms with E-state index in [1.165, 1.54) is 0 Å². The highest BCUT2D eigenvalue weighted by Crippen LogP contribution is 2.52. The fourth-order valence-corrected chi connectivity index (χ4v) is 8.25. The van der Waals surface area contributed by atoms with Gasteiger partial charge in [0.05, 0.1) is 5.69 Å². The number of anilines is 3. The predicted octanol–water partition coefficient (Wildman–Crippen LogP) is 15.0. The number of hydrogen-bond acceptors (Lipinski definition) is 3. The molecule has 258 valence electrons. The zero-order valence-corrected chi connectivity index (χ0v) is 29.8. The molecule has 1 aromatic heterocycles. The first-order valence-corrected chi connectivity index (χ1v) is 18.7. The van der Waals surface area contributed by atoms with Crippen LogP contribution in [0, 0.1) is 0 Å². The summed E-state index contributed by atoms with van der Waals surface area (Å²) in [5.74, 6) is 1.70. The normalized spacial score (nSPS) is 11.8. The number of furan rings is 1. The average Bonchev–Trinajstić information content (AvgIpc) is 3.56. The molecule has 2 heterocycles. The van der Waals surface area contributed by atoms with Gasteiger partial charge in [-0.2, -0.15) is 0 Å². The molecule has 10 aromatic rings. The van der Waals surface area contributed by atoms with Gasteiger partial charge >= 0.3 is 0 Å². The van der Waals surface area contributed by atoms with Crippen LogP contribution < -0.4 is 9.64 Å². The minimum absolute atomic E-state index is 0.829. The second-order valence-electron chi connectivity index (χ2n) is 14.1. The van der Waals surface area contributed by atoms with Crippen LogP contribution in [-0.4, -0.2) is 0 Å². The molecule has 0 atom stereocenters. The lowest BCUT2D eigenvalue weighted by atomic mass is 9.91. The molecular formula is C52H33NO2. The van der Waals surface area contributed by atoms with E-state index in [4.69, 9.17) is 9.15 Å². The fraction of sp³-hybridized carbons (Fsp3) is 0. The summed E-state index contributed by atoms with van der Waals surface area (Å²) in [6.07, 6.45) is 0. The largest absolute Gasteiger partial charge is 0.456 e. The lowest BCUT2D eigenvalue weighted by Gasteiger charge is -2.28. The number of rotatable bonds is 5. The van der Waals surface area contributed by atoms with Crippen molar-refractivity contribution in [2.45, 2.75) is 0 Å². The Morgan fingerprint density at radius 2 is 1.00 bits per heavy atom. The highest BCUT2D eigenvalue weighted by molar-refractivity contribution is 6.07. The second-order valence-corrected chi connectivity index (χ2v) is 14.1. The first kappa shape index (κ1) is 31.2. The number of benzene rings is 9. The van der Waals surface area contributed by atoms with Crippen molar-refractivity contribution in [3.63, 3.8) is 0 Å². The number of fused-ring (bicyclic) bond motifs is 10. The molecule has 0 aliphatic carbocycles. The van der Waals surface area contributed by atoms with Gasteiger partial charge in [-0.1, -0.05) is 140 Å². The van der Waals surface area contributed by atoms with Gasteiger partial charge in [-0.25, -0.2) is 0 Å². The van der Waals surface area contributed by atoms with Crippen LogP contribution in [0.5, 0.6) is 11.5 Å². The molecule has 0 unspecified atom stereocenters. The molecule has 0 radical (unpaired) electrons. The molecule has 0 N–H and O–H groups in total. The smallest absolute Gasteiger partial charge is 0.143 e. The SMILES string of the molecule is c1ccc(-c2ccc3c(c2)Oc2c(ccc4ccccc24)-c2ccc(N(c4ccc5c(c4)oc4ccccc45)c4ccccc4-c4ccccc4)cc2-3)cc1. The van der Waals surface area contributed by atoms with Crippen LogP contribution in [0.3, 0.4) is 0 Å². The van der Waals surface area contributed by atoms with E-state index in [-0.39, 0.29) is 0 Å². The topological polar surface area (TPSA) is 25.6 Å². The van der Waals surface area contributed by atoms with E-state index >= 15 is 0 Å². The summed E-state index contributed by atoms with van der Waals surface area (Å²) in [5, 5.41) is 4.45. The van der Waals surface area contributed by atoms with Crippen LogP contribution in [0.1, 0.15) is 0 Å². The van der Waals surface area contributed by atoms with Crippen molar-refractivity contribution in [2.75, 3.05) is 4.90 Å². The van der Waals surface area contributed by atoms with Gasteiger partial charge in [-0.3, -0.25) is 0 Å². The maximum absolute atomic E-state index is 7.06. The van der Waals surface area contributed by atoms with E-state index in [0.29, 0.717) is 0 Å². The quantitative estimate of drug-likeness (QED) is 0.178. The summed E-state index contributed by atoms with van der Waals surface area (Å²) in [7, 11) is 0. The molecule has 11 rings (SSSR count). The van der Waals surface area contributed by atoms with Crippen molar-refractivity contribution in [2.24, 2.45) is 0 Å². The highest BCUT2D eigenvalue weighted by Gasteiger charge is 2.26. The molecule has 0 fully saturated rings. The zero-order chi connectivity index (χ0) is 36.3. The van der Waals surface area contributed by atoms with Crippen molar-refractivity contribution in [3.05, 3.63) is 200 Å². The van der Waals surface area contributed by atoms with Gasteiger partial charge in [-0.05, 0) is 87.8 Å². The van der Waals surface area contributed by atoms with E-state index in [2.05, 4.69) is 193 Å². The highest BCUT2D eigenvalue weighted by atomic mass is 16.5. The maximum atomic E-state index is 7.06. The minimum Gasteiger partial charge on any atom is -0.456 e. The monoisotopic (exact) mass is 703 g/mol. The van der Waals surface area contributed by atoms with Gasteiger partial charge in [0.15, 0.2) is 0 Å². The Morgan fingerprint density at radius 1 is 0.345 bits per heavy atom. The first-order valence-electron chi connectivity index (χ1n) is 18.7. The molecule has 0 bridgehead atoms. The average molecular weight is 704 g/mol. The minimum atomic E-state index is 0.829. The van der Waals surface area contributed by atoms with Crippen molar-refractivity contribution in [3.8, 4) is 56.0 Å². The molecular weight excluding hydrogens is 671 g/mol. The molecule has 9 aromatic carbocycles. The van der Waals surface area contributed by atoms with Crippen molar-refractivity contribution in [1.82, 2.24) is 0 Å². The lowest BCUT2D eigenvalue weighted by molar-refractivity contribution is 0.493. The molecule has 1 aliphatic rings. The van der Waals surface area contributed by atoms with Gasteiger partial charge in [0.2, 0.25) is 0 Å². The number of ether oxygens (including phenoxy) is 1. The molecule has 3 heteroatoms. The Labute approximate surface area is 318 Å². The Morgan fingerprint density at radius 3 is 1.87 bits per heavy atom. The molecule has 55 heavy (non-hydrogen) atoms. The van der Waals surface area contributed by atoms with Gasteiger partial charge in [0.25, 0.3) is 0 Å². The third-order valence-corrected chi connectivity index (χ3v) is 10.9. The van der Waals surface area contributed by atoms with E-state index < -0.39 is 0 Å². The van der Waals surface area contributed by atoms with Gasteiger partial charge in [0, 0.05) is 50.3 Å². The summed E-state index contributed by atoms with van der Waals surface area (Å²) in [4.78, 5) is 2.36. The molecule has 0 amide bonds. The standard InChI is InChI=1S/C52H33NO2/c1-3-13-34(14-4-1)37-24-27-45-47-32-38(25-29-42(47)46-28-23-36-17-7-8-19-41(36)52(46)55-50(45)31-37)53(48-21-11-9-18-40(48)35-15-5-2-6-16-35)39-26-30-44-43-20-10-12-22-49(43)54-51(44)33-39/h1-33H. The maximum Gasteiger partial charge on any atom is 0.143 e. The molecule has 1 aliphatic heterocycles. The van der Waals surface area contributed by atoms with E-state index in [0.717, 1.165) is 106 Å². The van der Waals surface area contributed by atoms with E-state index in [1.54, 1.807) is 0 Å². The van der Waals surface area contributed by atoms with Crippen LogP contribution in [0.4, 0.5) is 17.1 Å². The van der Waals surface area contributed by atoms with Gasteiger partial charge in [-0.15, -0.1) is 0 Å². The van der Waals surface area contributed by atoms with Crippen LogP contribution in [0.25, 0.3) is 77.2 Å². The lowest BCUT2D eigenvalue weighted by Crippen LogP contribution is -2.11. The number of para-hydroxylation sites is 2. The fourth-order valence-electron chi connectivity index (χ4n) is 8.25. The number of nitrogens with zero attached hydrogens (tertiary/aromatic N) is 1. The Bertz CT molecular complexity index is 3070. The molecule has 0 saturated heterocycles. The summed E-state index contributed by atoms with van der Waals surface area (Å²) >= 11 is 0. The van der Waals surface area contributed by atoms with E-state index in [1.807, 2.05) is 12.1 Å². The van der Waals surface area contributed by atoms with Gasteiger partial charge < -0.3 is 14.1 Å². The second kappa shape index (κ2) is 12.6. The molecule has 0 spiro atoms. The number of hydrogen-bond donors (Lipinski definition) is 0. The van der Waals surface area contributed by atoms with Crippen LogP contribution in [-0.2, 0) is 0 Å². The van der Waals surface area contributed by atoms with Crippen molar-refractivity contribution < 1.29 is 9.15 Å².